The quantitative estimate of drug-likeness (QED) is 0.716. The van der Waals surface area contributed by atoms with E-state index in [0.29, 0.717) is 16.4 Å². The van der Waals surface area contributed by atoms with Gasteiger partial charge in [0.1, 0.15) is 0 Å². The normalized spacial score (nSPS) is 14.4. The summed E-state index contributed by atoms with van der Waals surface area (Å²) in [4.78, 5) is 3.00. The molecule has 0 aromatic heterocycles. The molecule has 2 N–H and O–H groups in total. The van der Waals surface area contributed by atoms with Gasteiger partial charge in [0.2, 0.25) is 0 Å². The van der Waals surface area contributed by atoms with Gasteiger partial charge in [0.05, 0.1) is 4.99 Å². The number of rotatable bonds is 5. The summed E-state index contributed by atoms with van der Waals surface area (Å²) in [6.07, 6.45) is 1.92. The highest BCUT2D eigenvalue weighted by atomic mass is 32.1. The SMILES string of the molecule is CC(N(C)CCCC(N)=S)C(C)(C)C. The second-order valence-electron chi connectivity index (χ2n) is 5.09. The van der Waals surface area contributed by atoms with E-state index >= 15 is 0 Å². The first-order chi connectivity index (χ1) is 6.25. The van der Waals surface area contributed by atoms with Crippen molar-refractivity contribution in [2.75, 3.05) is 13.6 Å². The zero-order valence-corrected chi connectivity index (χ0v) is 10.9. The highest BCUT2D eigenvalue weighted by Gasteiger charge is 2.23. The van der Waals surface area contributed by atoms with Crippen molar-refractivity contribution in [3.05, 3.63) is 0 Å². The fourth-order valence-corrected chi connectivity index (χ4v) is 1.50. The molecule has 0 saturated carbocycles. The summed E-state index contributed by atoms with van der Waals surface area (Å²) in [5, 5.41) is 0. The number of nitrogens with zero attached hydrogens (tertiary/aromatic N) is 1. The average molecular weight is 216 g/mol. The minimum atomic E-state index is 0.331. The van der Waals surface area contributed by atoms with Gasteiger partial charge in [-0.2, -0.15) is 0 Å². The number of nitrogens with two attached hydrogens (primary N) is 1. The average Bonchev–Trinajstić information content (AvgIpc) is 2.00. The lowest BCUT2D eigenvalue weighted by molar-refractivity contribution is 0.140. The number of hydrogen-bond donors (Lipinski definition) is 1. The van der Waals surface area contributed by atoms with Crippen molar-refractivity contribution in [2.24, 2.45) is 11.1 Å². The Balaban J connectivity index is 3.84. The van der Waals surface area contributed by atoms with Crippen LogP contribution >= 0.6 is 12.2 Å². The molecule has 0 fully saturated rings. The van der Waals surface area contributed by atoms with Crippen molar-refractivity contribution in [3.63, 3.8) is 0 Å². The van der Waals surface area contributed by atoms with E-state index in [1.54, 1.807) is 0 Å². The van der Waals surface area contributed by atoms with Gasteiger partial charge < -0.3 is 10.6 Å². The van der Waals surface area contributed by atoms with Gasteiger partial charge in [0, 0.05) is 6.04 Å². The Kier molecular flexibility index (Phi) is 5.60. The first kappa shape index (κ1) is 13.8. The van der Waals surface area contributed by atoms with E-state index in [0.717, 1.165) is 19.4 Å². The predicted octanol–water partition coefficient (Wildman–Crippen LogP) is 2.42. The van der Waals surface area contributed by atoms with Crippen LogP contribution in [0.2, 0.25) is 0 Å². The van der Waals surface area contributed by atoms with Gasteiger partial charge in [-0.15, -0.1) is 0 Å². The molecule has 14 heavy (non-hydrogen) atoms. The summed E-state index contributed by atoms with van der Waals surface area (Å²) in [6.45, 7) is 10.1. The highest BCUT2D eigenvalue weighted by Crippen LogP contribution is 2.22. The molecule has 0 aromatic carbocycles. The van der Waals surface area contributed by atoms with Crippen LogP contribution in [0.5, 0.6) is 0 Å². The molecule has 0 amide bonds. The van der Waals surface area contributed by atoms with Crippen molar-refractivity contribution in [3.8, 4) is 0 Å². The van der Waals surface area contributed by atoms with Gasteiger partial charge in [-0.1, -0.05) is 33.0 Å². The molecule has 84 valence electrons. The minimum absolute atomic E-state index is 0.331. The first-order valence-electron chi connectivity index (χ1n) is 5.23. The molecule has 0 radical (unpaired) electrons. The number of thiocarbonyl (C=S) groups is 1. The zero-order chi connectivity index (χ0) is 11.4. The predicted molar refractivity (Wildman–Crippen MR) is 67.6 cm³/mol. The highest BCUT2D eigenvalue weighted by molar-refractivity contribution is 7.80. The molecule has 2 nitrogen and oxygen atoms in total. The summed E-state index contributed by atoms with van der Waals surface area (Å²) >= 11 is 4.85. The van der Waals surface area contributed by atoms with Crippen molar-refractivity contribution in [1.29, 1.82) is 0 Å². The summed E-state index contributed by atoms with van der Waals surface area (Å²) < 4.78 is 0. The molecule has 0 aliphatic heterocycles. The van der Waals surface area contributed by atoms with Gasteiger partial charge in [0.15, 0.2) is 0 Å². The Morgan fingerprint density at radius 1 is 1.43 bits per heavy atom. The van der Waals surface area contributed by atoms with Gasteiger partial charge in [0.25, 0.3) is 0 Å². The van der Waals surface area contributed by atoms with Crippen molar-refractivity contribution in [2.45, 2.75) is 46.6 Å². The lowest BCUT2D eigenvalue weighted by Crippen LogP contribution is -2.39. The van der Waals surface area contributed by atoms with E-state index in [1.165, 1.54) is 0 Å². The molecule has 0 aromatic rings. The van der Waals surface area contributed by atoms with Gasteiger partial charge >= 0.3 is 0 Å². The maximum absolute atomic E-state index is 5.45. The summed E-state index contributed by atoms with van der Waals surface area (Å²) in [7, 11) is 2.16. The van der Waals surface area contributed by atoms with Crippen molar-refractivity contribution in [1.82, 2.24) is 4.90 Å². The summed E-state index contributed by atoms with van der Waals surface area (Å²) in [6, 6.07) is 0.578. The van der Waals surface area contributed by atoms with Gasteiger partial charge in [-0.05, 0) is 38.8 Å². The van der Waals surface area contributed by atoms with Crippen LogP contribution in [-0.4, -0.2) is 29.5 Å². The van der Waals surface area contributed by atoms with Crippen LogP contribution in [0.15, 0.2) is 0 Å². The minimum Gasteiger partial charge on any atom is -0.393 e. The van der Waals surface area contributed by atoms with E-state index in [-0.39, 0.29) is 0 Å². The second kappa shape index (κ2) is 5.66. The maximum Gasteiger partial charge on any atom is 0.0727 e. The fraction of sp³-hybridized carbons (Fsp3) is 0.909. The van der Waals surface area contributed by atoms with E-state index in [9.17, 15) is 0 Å². The number of hydrogen-bond acceptors (Lipinski definition) is 2. The molecular weight excluding hydrogens is 192 g/mol. The molecule has 0 spiro atoms. The fourth-order valence-electron chi connectivity index (χ4n) is 1.36. The third kappa shape index (κ3) is 5.55. The van der Waals surface area contributed by atoms with E-state index in [4.69, 9.17) is 18.0 Å². The van der Waals surface area contributed by atoms with Gasteiger partial charge in [-0.25, -0.2) is 0 Å². The van der Waals surface area contributed by atoms with Crippen molar-refractivity contribution < 1.29 is 0 Å². The molecule has 0 rings (SSSR count). The molecule has 0 heterocycles. The van der Waals surface area contributed by atoms with Crippen LogP contribution in [0.1, 0.15) is 40.5 Å². The monoisotopic (exact) mass is 216 g/mol. The van der Waals surface area contributed by atoms with E-state index in [2.05, 4.69) is 39.6 Å². The first-order valence-corrected chi connectivity index (χ1v) is 5.64. The van der Waals surface area contributed by atoms with Crippen LogP contribution in [-0.2, 0) is 0 Å². The van der Waals surface area contributed by atoms with E-state index in [1.807, 2.05) is 0 Å². The Bertz CT molecular complexity index is 184. The van der Waals surface area contributed by atoms with Crippen molar-refractivity contribution >= 4 is 17.2 Å². The Hall–Kier alpha value is -0.150. The van der Waals surface area contributed by atoms with Crippen LogP contribution < -0.4 is 5.73 Å². The van der Waals surface area contributed by atoms with Crippen LogP contribution in [0.3, 0.4) is 0 Å². The lowest BCUT2D eigenvalue weighted by atomic mass is 9.87. The Morgan fingerprint density at radius 2 is 1.93 bits per heavy atom. The third-order valence-corrected chi connectivity index (χ3v) is 3.05. The van der Waals surface area contributed by atoms with E-state index < -0.39 is 0 Å². The lowest BCUT2D eigenvalue weighted by Gasteiger charge is -2.35. The maximum atomic E-state index is 5.45. The third-order valence-electron chi connectivity index (χ3n) is 2.85. The van der Waals surface area contributed by atoms with Crippen LogP contribution in [0.25, 0.3) is 0 Å². The molecule has 0 bridgehead atoms. The van der Waals surface area contributed by atoms with Crippen LogP contribution in [0, 0.1) is 5.41 Å². The standard InChI is InChI=1S/C11H24N2S/c1-9(11(2,3)4)13(5)8-6-7-10(12)14/h9H,6-8H2,1-5H3,(H2,12,14). The topological polar surface area (TPSA) is 29.3 Å². The Morgan fingerprint density at radius 3 is 2.29 bits per heavy atom. The second-order valence-corrected chi connectivity index (χ2v) is 5.62. The molecule has 1 atom stereocenters. The largest absolute Gasteiger partial charge is 0.393 e. The van der Waals surface area contributed by atoms with Gasteiger partial charge in [-0.3, -0.25) is 0 Å². The smallest absolute Gasteiger partial charge is 0.0727 e. The Labute approximate surface area is 93.8 Å². The molecule has 0 aliphatic rings. The molecule has 1 unspecified atom stereocenters. The van der Waals surface area contributed by atoms with Crippen LogP contribution in [0.4, 0.5) is 0 Å². The molecule has 0 aliphatic carbocycles. The summed E-state index contributed by atoms with van der Waals surface area (Å²) in [5.41, 5.74) is 5.78. The zero-order valence-electron chi connectivity index (χ0n) is 10.1. The molecule has 0 saturated heterocycles. The summed E-state index contributed by atoms with van der Waals surface area (Å²) in [5.74, 6) is 0. The molecular formula is C11H24N2S. The molecule has 3 heteroatoms.